The normalized spacial score (nSPS) is 21.4. The molecule has 0 aliphatic carbocycles. The summed E-state index contributed by atoms with van der Waals surface area (Å²) in [6, 6.07) is 6.12. The van der Waals surface area contributed by atoms with Crippen molar-refractivity contribution in [2.75, 3.05) is 40.4 Å². The molecular weight excluding hydrogens is 853 g/mol. The number of likely N-dealkylation sites (N-methyl/N-ethyl adjacent to an activating group) is 1. The molecule has 67 heavy (non-hydrogen) atoms. The molecule has 0 unspecified atom stereocenters. The first-order chi connectivity index (χ1) is 31.9. The number of benzene rings is 1. The van der Waals surface area contributed by atoms with Crippen molar-refractivity contribution in [3.63, 3.8) is 0 Å². The zero-order chi connectivity index (χ0) is 48.9. The van der Waals surface area contributed by atoms with Gasteiger partial charge in [0.15, 0.2) is 0 Å². The number of allylic oxidation sites excluding steroid dienone is 2. The van der Waals surface area contributed by atoms with Gasteiger partial charge in [-0.1, -0.05) is 53.0 Å². The van der Waals surface area contributed by atoms with Gasteiger partial charge in [-0.3, -0.25) is 43.3 Å². The maximum Gasteiger partial charge on any atom is 0.324 e. The molecule has 360 valence electrons. The number of amides is 4. The van der Waals surface area contributed by atoms with Crippen LogP contribution in [0.1, 0.15) is 84.5 Å². The smallest absolute Gasteiger partial charge is 0.324 e. The molecule has 3 aromatic rings. The van der Waals surface area contributed by atoms with Gasteiger partial charge in [-0.15, -0.1) is 0 Å². The van der Waals surface area contributed by atoms with Gasteiger partial charge in [-0.25, -0.2) is 5.43 Å². The van der Waals surface area contributed by atoms with E-state index in [-0.39, 0.29) is 61.1 Å². The van der Waals surface area contributed by atoms with Gasteiger partial charge in [0.2, 0.25) is 17.7 Å². The molecule has 4 amide bonds. The second-order valence-electron chi connectivity index (χ2n) is 18.9. The molecular formula is C51H68N8O8. The number of hydrazine groups is 1. The first-order valence-corrected chi connectivity index (χ1v) is 23.4. The number of aryl methyl sites for hydroxylation is 1. The third kappa shape index (κ3) is 10.5. The minimum absolute atomic E-state index is 0.0595. The summed E-state index contributed by atoms with van der Waals surface area (Å²) in [6.45, 7) is 22.9. The number of carbonyl (C=O) groups excluding carboxylic acids is 5. The number of hydrogen-bond acceptors (Lipinski definition) is 10. The van der Waals surface area contributed by atoms with Crippen molar-refractivity contribution < 1.29 is 33.4 Å². The summed E-state index contributed by atoms with van der Waals surface area (Å²) in [4.78, 5) is 91.8. The lowest BCUT2D eigenvalue weighted by atomic mass is 9.84. The fourth-order valence-electron chi connectivity index (χ4n) is 9.76. The SMILES string of the molecule is C=CC(=O)N1CC[C@H](C(=O)N(C)[C@H](C(=O)N[C@H]2Cc3cccn(c3=O)-c3ccc4c(c3)c(c(/C(C=C)=C(/N=CC)[C@H](C)OC)n4CC)CC(C)(C)COC(=O)[C@@H]3CCCN(N3)C2=O)C(C)C)C1. The Morgan fingerprint density at radius 1 is 1.09 bits per heavy atom. The van der Waals surface area contributed by atoms with Crippen LogP contribution in [0.3, 0.4) is 0 Å². The largest absolute Gasteiger partial charge is 0.464 e. The Morgan fingerprint density at radius 2 is 1.84 bits per heavy atom. The molecule has 2 fully saturated rings. The van der Waals surface area contributed by atoms with E-state index in [9.17, 15) is 28.8 Å². The van der Waals surface area contributed by atoms with Crippen LogP contribution in [0.2, 0.25) is 0 Å². The highest BCUT2D eigenvalue weighted by Crippen LogP contribution is 2.39. The summed E-state index contributed by atoms with van der Waals surface area (Å²) in [7, 11) is 3.20. The zero-order valence-electron chi connectivity index (χ0n) is 40.6. The van der Waals surface area contributed by atoms with E-state index in [4.69, 9.17) is 14.5 Å². The number of carbonyl (C=O) groups is 5. The van der Waals surface area contributed by atoms with E-state index in [1.54, 1.807) is 54.2 Å². The van der Waals surface area contributed by atoms with E-state index in [0.29, 0.717) is 50.2 Å². The number of hydrogen-bond donors (Lipinski definition) is 2. The van der Waals surface area contributed by atoms with Crippen molar-refractivity contribution in [2.24, 2.45) is 22.2 Å². The van der Waals surface area contributed by atoms with Gasteiger partial charge in [0, 0.05) is 92.3 Å². The molecule has 0 radical (unpaired) electrons. The number of nitrogens with zero attached hydrogens (tertiary/aromatic N) is 6. The van der Waals surface area contributed by atoms with Gasteiger partial charge in [0.05, 0.1) is 30.0 Å². The third-order valence-corrected chi connectivity index (χ3v) is 13.2. The van der Waals surface area contributed by atoms with Crippen LogP contribution in [0.4, 0.5) is 0 Å². The lowest BCUT2D eigenvalue weighted by Crippen LogP contribution is -2.62. The Morgan fingerprint density at radius 3 is 2.49 bits per heavy atom. The van der Waals surface area contributed by atoms with Crippen LogP contribution < -0.4 is 16.3 Å². The fourth-order valence-corrected chi connectivity index (χ4v) is 9.76. The van der Waals surface area contributed by atoms with Crippen molar-refractivity contribution in [2.45, 2.75) is 111 Å². The van der Waals surface area contributed by atoms with Crippen molar-refractivity contribution in [1.29, 1.82) is 0 Å². The maximum absolute atomic E-state index is 14.7. The van der Waals surface area contributed by atoms with Crippen LogP contribution >= 0.6 is 0 Å². The van der Waals surface area contributed by atoms with Gasteiger partial charge < -0.3 is 29.2 Å². The van der Waals surface area contributed by atoms with Crippen LogP contribution in [-0.2, 0) is 52.8 Å². The number of pyridine rings is 1. The summed E-state index contributed by atoms with van der Waals surface area (Å²) in [6.07, 6.45) is 7.66. The molecule has 2 aromatic heterocycles. The second kappa shape index (κ2) is 21.2. The predicted molar refractivity (Wildman–Crippen MR) is 259 cm³/mol. The van der Waals surface area contributed by atoms with E-state index in [2.05, 4.69) is 35.4 Å². The Labute approximate surface area is 393 Å². The minimum Gasteiger partial charge on any atom is -0.464 e. The molecule has 0 saturated carbocycles. The molecule has 2 N–H and O–H groups in total. The number of rotatable bonds is 12. The average Bonchev–Trinajstić information content (AvgIpc) is 3.92. The number of nitrogens with one attached hydrogen (secondary N) is 2. The molecule has 16 nitrogen and oxygen atoms in total. The molecule has 5 atom stereocenters. The predicted octanol–water partition coefficient (Wildman–Crippen LogP) is 5.00. The van der Waals surface area contributed by atoms with Crippen molar-refractivity contribution in [3.05, 3.63) is 94.7 Å². The molecule has 0 spiro atoms. The molecule has 2 saturated heterocycles. The summed E-state index contributed by atoms with van der Waals surface area (Å²) < 4.78 is 15.7. The number of cyclic esters (lactones) is 1. The van der Waals surface area contributed by atoms with Crippen molar-refractivity contribution in [3.8, 4) is 5.69 Å². The highest BCUT2D eigenvalue weighted by molar-refractivity contribution is 5.95. The number of aliphatic imine (C=N–C) groups is 1. The lowest BCUT2D eigenvalue weighted by molar-refractivity contribution is -0.155. The topological polar surface area (TPSA) is 177 Å². The van der Waals surface area contributed by atoms with Crippen LogP contribution in [-0.4, -0.2) is 124 Å². The number of esters is 1. The first-order valence-electron chi connectivity index (χ1n) is 23.4. The van der Waals surface area contributed by atoms with Gasteiger partial charge >= 0.3 is 5.97 Å². The summed E-state index contributed by atoms with van der Waals surface area (Å²) in [5.74, 6) is -3.10. The monoisotopic (exact) mass is 921 g/mol. The first kappa shape index (κ1) is 50.3. The number of methoxy groups -OCH3 is 1. The molecule has 1 aromatic carbocycles. The standard InChI is InChI=1S/C51H68N8O8/c1-12-36(43(52-14-3)32(7)66-11)45-38-28-51(8,9)30-67-50(65)39-19-17-24-59(54-39)49(64)40(26-33-18-16-23-58(48(33)63)35-20-21-41(37(38)27-35)57(45)15-4)53-46(61)44(31(5)6)55(10)47(62)34-22-25-56(29-34)42(60)13-2/h12-14,16,18,20-21,23,27,31-32,34,39-40,44,54H,1-2,15,17,19,22,24-26,28-30H2,3-11H3,(H,53,61)/b43-36+,52-14?/t32-,34-,39-,40-,44-/m0/s1. The molecule has 16 heteroatoms. The highest BCUT2D eigenvalue weighted by Gasteiger charge is 2.40. The van der Waals surface area contributed by atoms with E-state index in [1.807, 2.05) is 59.7 Å². The summed E-state index contributed by atoms with van der Waals surface area (Å²) >= 11 is 0. The molecule has 6 rings (SSSR count). The van der Waals surface area contributed by atoms with Crippen LogP contribution in [0, 0.1) is 17.3 Å². The molecule has 3 aliphatic heterocycles. The van der Waals surface area contributed by atoms with Crippen LogP contribution in [0.15, 0.2) is 77.3 Å². The van der Waals surface area contributed by atoms with Crippen LogP contribution in [0.25, 0.3) is 22.2 Å². The highest BCUT2D eigenvalue weighted by atomic mass is 16.5. The maximum atomic E-state index is 14.7. The number of aromatic nitrogens is 2. The number of fused-ring (bicyclic) bond motifs is 6. The van der Waals surface area contributed by atoms with Crippen LogP contribution in [0.5, 0.6) is 0 Å². The fraction of sp³-hybridized carbons (Fsp3) is 0.510. The van der Waals surface area contributed by atoms with Crippen molar-refractivity contribution >= 4 is 52.3 Å². The van der Waals surface area contributed by atoms with Gasteiger partial charge in [-0.05, 0) is 88.3 Å². The summed E-state index contributed by atoms with van der Waals surface area (Å²) in [5, 5.41) is 5.15. The molecule has 5 heterocycles. The van der Waals surface area contributed by atoms with E-state index in [0.717, 1.165) is 27.7 Å². The molecule has 3 aliphatic rings. The Bertz CT molecular complexity index is 2530. The van der Waals surface area contributed by atoms with Crippen molar-refractivity contribution in [1.82, 2.24) is 34.7 Å². The minimum atomic E-state index is -1.28. The second-order valence-corrected chi connectivity index (χ2v) is 18.9. The average molecular weight is 921 g/mol. The quantitative estimate of drug-likeness (QED) is 0.110. The number of ether oxygens (including phenoxy) is 2. The Hall–Kier alpha value is -6.13. The van der Waals surface area contributed by atoms with Gasteiger partial charge in [0.25, 0.3) is 11.5 Å². The third-order valence-electron chi connectivity index (χ3n) is 13.2. The lowest BCUT2D eigenvalue weighted by Gasteiger charge is -2.37. The zero-order valence-corrected chi connectivity index (χ0v) is 40.6. The summed E-state index contributed by atoms with van der Waals surface area (Å²) in [5.41, 5.74) is 7.21. The van der Waals surface area contributed by atoms with Gasteiger partial charge in [-0.2, -0.15) is 0 Å². The van der Waals surface area contributed by atoms with E-state index >= 15 is 0 Å². The Kier molecular flexibility index (Phi) is 15.9. The van der Waals surface area contributed by atoms with E-state index < -0.39 is 47.2 Å². The Balaban J connectivity index is 1.47. The molecule has 6 bridgehead atoms. The number of likely N-dealkylation sites (tertiary alicyclic amines) is 1. The van der Waals surface area contributed by atoms with Gasteiger partial charge in [0.1, 0.15) is 18.1 Å². The van der Waals surface area contributed by atoms with E-state index in [1.165, 1.54) is 16.0 Å².